The molecule has 0 unspecified atom stereocenters. The second kappa shape index (κ2) is 7.43. The molecule has 0 radical (unpaired) electrons. The summed E-state index contributed by atoms with van der Waals surface area (Å²) in [5, 5.41) is 4.53. The van der Waals surface area contributed by atoms with Crippen molar-refractivity contribution >= 4 is 55.0 Å². The van der Waals surface area contributed by atoms with Gasteiger partial charge in [-0.25, -0.2) is 4.98 Å². The maximum Gasteiger partial charge on any atom is 0.220 e. The summed E-state index contributed by atoms with van der Waals surface area (Å²) >= 11 is 11.1. The number of benzene rings is 2. The fraction of sp³-hybridized carbons (Fsp3) is 0.176. The van der Waals surface area contributed by atoms with Crippen molar-refractivity contribution in [3.8, 4) is 0 Å². The minimum atomic E-state index is 0.00300. The molecule has 6 heteroatoms. The number of fused-ring (bicyclic) bond motifs is 1. The third-order valence-electron chi connectivity index (χ3n) is 3.40. The first-order valence-corrected chi connectivity index (χ1v) is 9.15. The van der Waals surface area contributed by atoms with Crippen LogP contribution in [-0.4, -0.2) is 10.9 Å². The van der Waals surface area contributed by atoms with E-state index in [1.165, 1.54) is 0 Å². The monoisotopic (exact) mass is 408 g/mol. The maximum atomic E-state index is 12.0. The molecule has 3 nitrogen and oxygen atoms in total. The topological polar surface area (TPSA) is 42.0 Å². The zero-order valence-electron chi connectivity index (χ0n) is 12.2. The number of hydrogen-bond donors (Lipinski definition) is 1. The molecule has 0 aliphatic rings. The average molecular weight is 410 g/mol. The second-order valence-corrected chi connectivity index (χ2v) is 7.53. The highest BCUT2D eigenvalue weighted by molar-refractivity contribution is 9.10. The fourth-order valence-corrected chi connectivity index (χ4v) is 3.90. The predicted octanol–water partition coefficient (Wildman–Crippen LogP) is 4.96. The summed E-state index contributed by atoms with van der Waals surface area (Å²) in [6.45, 7) is 0.435. The molecule has 1 aromatic heterocycles. The van der Waals surface area contributed by atoms with E-state index < -0.39 is 0 Å². The number of aromatic nitrogens is 1. The van der Waals surface area contributed by atoms with Crippen molar-refractivity contribution < 1.29 is 4.79 Å². The van der Waals surface area contributed by atoms with Crippen molar-refractivity contribution in [2.45, 2.75) is 19.4 Å². The zero-order valence-corrected chi connectivity index (χ0v) is 15.3. The van der Waals surface area contributed by atoms with Crippen LogP contribution in [0.2, 0.25) is 5.02 Å². The van der Waals surface area contributed by atoms with E-state index in [0.717, 1.165) is 25.3 Å². The second-order valence-electron chi connectivity index (χ2n) is 5.09. The van der Waals surface area contributed by atoms with E-state index in [1.54, 1.807) is 11.3 Å². The number of rotatable bonds is 5. The first-order valence-electron chi connectivity index (χ1n) is 7.17. The highest BCUT2D eigenvalue weighted by Gasteiger charge is 2.08. The third-order valence-corrected chi connectivity index (χ3v) is 5.34. The number of carbonyl (C=O) groups is 1. The van der Waals surface area contributed by atoms with Gasteiger partial charge in [0.15, 0.2) is 0 Å². The standard InChI is InChI=1S/C17H14BrClN2OS/c18-12-6-5-11(13(19)9-12)10-20-16(22)7-8-17-21-14-3-1-2-4-15(14)23-17/h1-6,9H,7-8,10H2,(H,20,22). The van der Waals surface area contributed by atoms with Crippen LogP contribution in [0.5, 0.6) is 0 Å². The molecule has 0 bridgehead atoms. The minimum Gasteiger partial charge on any atom is -0.352 e. The normalized spacial score (nSPS) is 10.9. The lowest BCUT2D eigenvalue weighted by Gasteiger charge is -2.07. The highest BCUT2D eigenvalue weighted by atomic mass is 79.9. The van der Waals surface area contributed by atoms with Crippen molar-refractivity contribution in [2.75, 3.05) is 0 Å². The van der Waals surface area contributed by atoms with Crippen LogP contribution < -0.4 is 5.32 Å². The number of nitrogens with one attached hydrogen (secondary N) is 1. The molecule has 1 heterocycles. The quantitative estimate of drug-likeness (QED) is 0.647. The van der Waals surface area contributed by atoms with E-state index in [1.807, 2.05) is 42.5 Å². The minimum absolute atomic E-state index is 0.00300. The number of aryl methyl sites for hydroxylation is 1. The number of halogens is 2. The predicted molar refractivity (Wildman–Crippen MR) is 98.9 cm³/mol. The molecule has 0 spiro atoms. The van der Waals surface area contributed by atoms with Crippen LogP contribution in [-0.2, 0) is 17.8 Å². The number of hydrogen-bond acceptors (Lipinski definition) is 3. The molecule has 0 saturated carbocycles. The Hall–Kier alpha value is -1.43. The van der Waals surface area contributed by atoms with Gasteiger partial charge in [-0.05, 0) is 29.8 Å². The van der Waals surface area contributed by atoms with Gasteiger partial charge in [0.2, 0.25) is 5.91 Å². The summed E-state index contributed by atoms with van der Waals surface area (Å²) in [6, 6.07) is 13.6. The van der Waals surface area contributed by atoms with Gasteiger partial charge in [0.25, 0.3) is 0 Å². The molecule has 1 amide bonds. The maximum absolute atomic E-state index is 12.0. The van der Waals surface area contributed by atoms with Crippen LogP contribution in [0.1, 0.15) is 17.0 Å². The molecule has 0 saturated heterocycles. The van der Waals surface area contributed by atoms with Crippen LogP contribution in [0, 0.1) is 0 Å². The van der Waals surface area contributed by atoms with E-state index in [4.69, 9.17) is 11.6 Å². The van der Waals surface area contributed by atoms with Gasteiger partial charge in [0.1, 0.15) is 0 Å². The highest BCUT2D eigenvalue weighted by Crippen LogP contribution is 2.23. The van der Waals surface area contributed by atoms with Gasteiger partial charge in [0, 0.05) is 28.9 Å². The smallest absolute Gasteiger partial charge is 0.220 e. The Morgan fingerprint density at radius 2 is 2.09 bits per heavy atom. The van der Waals surface area contributed by atoms with E-state index in [0.29, 0.717) is 24.4 Å². The molecule has 23 heavy (non-hydrogen) atoms. The summed E-state index contributed by atoms with van der Waals surface area (Å²) in [6.07, 6.45) is 1.08. The first kappa shape index (κ1) is 16.4. The number of thiazole rings is 1. The van der Waals surface area contributed by atoms with E-state index in [-0.39, 0.29) is 5.91 Å². The molecule has 3 rings (SSSR count). The summed E-state index contributed by atoms with van der Waals surface area (Å²) in [5.74, 6) is 0.00300. The van der Waals surface area contributed by atoms with Crippen molar-refractivity contribution in [1.29, 1.82) is 0 Å². The average Bonchev–Trinajstić information content (AvgIpc) is 2.95. The number of amides is 1. The number of carbonyl (C=O) groups excluding carboxylic acids is 1. The molecule has 118 valence electrons. The van der Waals surface area contributed by atoms with Gasteiger partial charge in [-0.1, -0.05) is 45.7 Å². The Morgan fingerprint density at radius 1 is 1.26 bits per heavy atom. The molecule has 0 atom stereocenters. The van der Waals surface area contributed by atoms with Crippen LogP contribution >= 0.6 is 38.9 Å². The van der Waals surface area contributed by atoms with Gasteiger partial charge in [-0.2, -0.15) is 0 Å². The third kappa shape index (κ3) is 4.31. The zero-order chi connectivity index (χ0) is 16.2. The van der Waals surface area contributed by atoms with Crippen molar-refractivity contribution in [1.82, 2.24) is 10.3 Å². The lowest BCUT2D eigenvalue weighted by atomic mass is 10.2. The van der Waals surface area contributed by atoms with Crippen molar-refractivity contribution in [3.63, 3.8) is 0 Å². The molecular weight excluding hydrogens is 396 g/mol. The molecule has 0 aliphatic heterocycles. The van der Waals surface area contributed by atoms with Gasteiger partial charge in [-0.3, -0.25) is 4.79 Å². The summed E-state index contributed by atoms with van der Waals surface area (Å²) in [4.78, 5) is 16.5. The Kier molecular flexibility index (Phi) is 5.30. The largest absolute Gasteiger partial charge is 0.352 e. The molecule has 1 N–H and O–H groups in total. The molecule has 2 aromatic carbocycles. The van der Waals surface area contributed by atoms with E-state index in [9.17, 15) is 4.79 Å². The van der Waals surface area contributed by atoms with Crippen LogP contribution in [0.4, 0.5) is 0 Å². The molecular formula is C17H14BrClN2OS. The van der Waals surface area contributed by atoms with Gasteiger partial charge >= 0.3 is 0 Å². The Morgan fingerprint density at radius 3 is 2.87 bits per heavy atom. The molecule has 3 aromatic rings. The Bertz CT molecular complexity index is 816. The van der Waals surface area contributed by atoms with E-state index >= 15 is 0 Å². The van der Waals surface area contributed by atoms with Crippen LogP contribution in [0.15, 0.2) is 46.9 Å². The number of para-hydroxylation sites is 1. The number of nitrogens with zero attached hydrogens (tertiary/aromatic N) is 1. The SMILES string of the molecule is O=C(CCc1nc2ccccc2s1)NCc1ccc(Br)cc1Cl. The van der Waals surface area contributed by atoms with Gasteiger partial charge < -0.3 is 5.32 Å². The van der Waals surface area contributed by atoms with Crippen molar-refractivity contribution in [3.05, 3.63) is 62.5 Å². The lowest BCUT2D eigenvalue weighted by Crippen LogP contribution is -2.23. The van der Waals surface area contributed by atoms with Crippen molar-refractivity contribution in [2.24, 2.45) is 0 Å². The molecule has 0 aliphatic carbocycles. The molecule has 0 fully saturated rings. The van der Waals surface area contributed by atoms with Gasteiger partial charge in [0.05, 0.1) is 15.2 Å². The van der Waals surface area contributed by atoms with Crippen LogP contribution in [0.25, 0.3) is 10.2 Å². The van der Waals surface area contributed by atoms with E-state index in [2.05, 4.69) is 26.2 Å². The summed E-state index contributed by atoms with van der Waals surface area (Å²) in [7, 11) is 0. The first-order chi connectivity index (χ1) is 11.1. The Balaban J connectivity index is 1.53. The summed E-state index contributed by atoms with van der Waals surface area (Å²) < 4.78 is 2.08. The lowest BCUT2D eigenvalue weighted by molar-refractivity contribution is -0.121. The Labute approximate surface area is 151 Å². The van der Waals surface area contributed by atoms with Gasteiger partial charge in [-0.15, -0.1) is 11.3 Å². The fourth-order valence-electron chi connectivity index (χ4n) is 2.19. The summed E-state index contributed by atoms with van der Waals surface area (Å²) in [5.41, 5.74) is 1.90. The van der Waals surface area contributed by atoms with Crippen LogP contribution in [0.3, 0.4) is 0 Å².